The molecular weight excluding hydrogens is 344 g/mol. The van der Waals surface area contributed by atoms with Gasteiger partial charge in [0, 0.05) is 0 Å². The summed E-state index contributed by atoms with van der Waals surface area (Å²) in [6.07, 6.45) is -0.504. The van der Waals surface area contributed by atoms with Gasteiger partial charge in [-0.3, -0.25) is 0 Å². The van der Waals surface area contributed by atoms with Crippen LogP contribution in [-0.2, 0) is 4.74 Å². The lowest BCUT2D eigenvalue weighted by atomic mass is 10.2. The van der Waals surface area contributed by atoms with Gasteiger partial charge in [0.05, 0.1) is 0 Å². The normalized spacial score (nSPS) is 11.4. The molecule has 0 saturated carbocycles. The maximum absolute atomic E-state index is 12.4. The minimum absolute atomic E-state index is 0.0658. The zero-order valence-corrected chi connectivity index (χ0v) is 14.9. The van der Waals surface area contributed by atoms with Crippen LogP contribution in [0.3, 0.4) is 0 Å². The number of hydrogen-bond donors (Lipinski definition) is 0. The Morgan fingerprint density at radius 2 is 1.41 bits per heavy atom. The summed E-state index contributed by atoms with van der Waals surface area (Å²) in [7, 11) is 0. The van der Waals surface area contributed by atoms with E-state index in [1.807, 2.05) is 36.4 Å². The highest BCUT2D eigenvalue weighted by molar-refractivity contribution is 5.93. The van der Waals surface area contributed by atoms with E-state index in [1.54, 1.807) is 55.5 Å². The van der Waals surface area contributed by atoms with Crippen molar-refractivity contribution in [1.29, 1.82) is 0 Å². The van der Waals surface area contributed by atoms with Crippen LogP contribution in [0.1, 0.15) is 17.3 Å². The smallest absolute Gasteiger partial charge is 0.347 e. The molecule has 0 amide bonds. The summed E-state index contributed by atoms with van der Waals surface area (Å²) in [5.41, 5.74) is 0.321. The second kappa shape index (κ2) is 9.40. The average molecular weight is 364 g/mol. The van der Waals surface area contributed by atoms with Crippen molar-refractivity contribution >= 4 is 5.97 Å². The second-order valence-electron chi connectivity index (χ2n) is 5.63. The van der Waals surface area contributed by atoms with Crippen LogP contribution < -0.4 is 14.2 Å². The third kappa shape index (κ3) is 5.59. The molecule has 3 aromatic carbocycles. The van der Waals surface area contributed by atoms with Gasteiger partial charge >= 0.3 is 5.97 Å². The zero-order chi connectivity index (χ0) is 18.9. The molecule has 0 spiro atoms. The minimum atomic E-state index is -0.504. The van der Waals surface area contributed by atoms with Crippen LogP contribution >= 0.6 is 0 Å². The van der Waals surface area contributed by atoms with Crippen molar-refractivity contribution in [3.63, 3.8) is 0 Å². The van der Waals surface area contributed by atoms with Gasteiger partial charge in [0.1, 0.15) is 22.8 Å². The molecule has 5 nitrogen and oxygen atoms in total. The number of ether oxygens (including phenoxy) is 4. The van der Waals surface area contributed by atoms with E-state index >= 15 is 0 Å². The molecule has 1 unspecified atom stereocenters. The van der Waals surface area contributed by atoms with Crippen molar-refractivity contribution in [2.45, 2.75) is 13.2 Å². The van der Waals surface area contributed by atoms with Crippen molar-refractivity contribution in [1.82, 2.24) is 0 Å². The van der Waals surface area contributed by atoms with Crippen LogP contribution in [-0.4, -0.2) is 19.1 Å². The molecule has 3 rings (SSSR count). The summed E-state index contributed by atoms with van der Waals surface area (Å²) in [5.74, 6) is 1.06. The molecule has 138 valence electrons. The van der Waals surface area contributed by atoms with Crippen LogP contribution in [0.2, 0.25) is 0 Å². The molecule has 0 N–H and O–H groups in total. The van der Waals surface area contributed by atoms with E-state index in [4.69, 9.17) is 18.9 Å². The molecular formula is C22H20O5. The predicted octanol–water partition coefficient (Wildman–Crippen LogP) is 4.68. The Bertz CT molecular complexity index is 849. The Hall–Kier alpha value is -3.31. The molecule has 27 heavy (non-hydrogen) atoms. The third-order valence-corrected chi connectivity index (χ3v) is 3.62. The molecule has 0 aliphatic rings. The van der Waals surface area contributed by atoms with E-state index in [-0.39, 0.29) is 6.79 Å². The highest BCUT2D eigenvalue weighted by Gasteiger charge is 2.15. The Morgan fingerprint density at radius 3 is 2.11 bits per heavy atom. The molecule has 0 bridgehead atoms. The fourth-order valence-electron chi connectivity index (χ4n) is 2.33. The van der Waals surface area contributed by atoms with Gasteiger partial charge < -0.3 is 18.9 Å². The van der Waals surface area contributed by atoms with Crippen molar-refractivity contribution < 1.29 is 23.7 Å². The number of carbonyl (C=O) groups excluding carboxylic acids is 1. The molecule has 5 heteroatoms. The van der Waals surface area contributed by atoms with Gasteiger partial charge in [-0.2, -0.15) is 0 Å². The summed E-state index contributed by atoms with van der Waals surface area (Å²) in [5, 5.41) is 0. The van der Waals surface area contributed by atoms with Gasteiger partial charge in [-0.05, 0) is 43.3 Å². The van der Waals surface area contributed by atoms with Crippen molar-refractivity contribution in [3.05, 3.63) is 90.5 Å². The maximum Gasteiger partial charge on any atom is 0.347 e. The molecule has 0 heterocycles. The second-order valence-corrected chi connectivity index (χ2v) is 5.63. The number of carbonyl (C=O) groups is 1. The lowest BCUT2D eigenvalue weighted by Gasteiger charge is -2.16. The third-order valence-electron chi connectivity index (χ3n) is 3.62. The van der Waals surface area contributed by atoms with Gasteiger partial charge in [-0.15, -0.1) is 0 Å². The number of esters is 1. The van der Waals surface area contributed by atoms with E-state index in [2.05, 4.69) is 0 Å². The Morgan fingerprint density at radius 1 is 0.815 bits per heavy atom. The fraction of sp³-hybridized carbons (Fsp3) is 0.136. The van der Waals surface area contributed by atoms with Crippen molar-refractivity contribution in [2.75, 3.05) is 6.79 Å². The Balaban J connectivity index is 1.55. The van der Waals surface area contributed by atoms with Crippen LogP contribution in [0.15, 0.2) is 84.9 Å². The highest BCUT2D eigenvalue weighted by Crippen LogP contribution is 2.21. The summed E-state index contributed by atoms with van der Waals surface area (Å²) in [6.45, 7) is 1.70. The van der Waals surface area contributed by atoms with Crippen LogP contribution in [0.4, 0.5) is 0 Å². The molecule has 0 radical (unpaired) electrons. The highest BCUT2D eigenvalue weighted by atomic mass is 16.7. The topological polar surface area (TPSA) is 54.0 Å². The van der Waals surface area contributed by atoms with E-state index in [9.17, 15) is 4.79 Å². The van der Waals surface area contributed by atoms with Crippen molar-refractivity contribution in [2.24, 2.45) is 0 Å². The SMILES string of the molecule is CC(OCOc1ccccc1C(=O)Oc1ccccc1)Oc1ccccc1. The Kier molecular flexibility index (Phi) is 6.44. The van der Waals surface area contributed by atoms with E-state index < -0.39 is 12.3 Å². The molecule has 0 aliphatic heterocycles. The molecule has 0 aliphatic carbocycles. The van der Waals surface area contributed by atoms with E-state index in [1.165, 1.54) is 0 Å². The van der Waals surface area contributed by atoms with Gasteiger partial charge in [-0.1, -0.05) is 48.5 Å². The van der Waals surface area contributed by atoms with Gasteiger partial charge in [0.2, 0.25) is 6.29 Å². The molecule has 0 aromatic heterocycles. The standard InChI is InChI=1S/C22H20O5/c1-17(26-18-10-4-2-5-11-18)24-16-25-21-15-9-8-14-20(21)22(23)27-19-12-6-3-7-13-19/h2-15,17H,16H2,1H3. The molecule has 1 atom stereocenters. The molecule has 0 fully saturated rings. The molecule has 3 aromatic rings. The maximum atomic E-state index is 12.4. The number of rotatable bonds is 8. The number of hydrogen-bond acceptors (Lipinski definition) is 5. The summed E-state index contributed by atoms with van der Waals surface area (Å²) in [6, 6.07) is 25.1. The van der Waals surface area contributed by atoms with Crippen LogP contribution in [0.25, 0.3) is 0 Å². The van der Waals surface area contributed by atoms with Gasteiger partial charge in [-0.25, -0.2) is 4.79 Å². The van der Waals surface area contributed by atoms with E-state index in [0.29, 0.717) is 22.8 Å². The summed E-state index contributed by atoms with van der Waals surface area (Å²) in [4.78, 5) is 12.4. The monoisotopic (exact) mass is 364 g/mol. The Labute approximate surface area is 158 Å². The zero-order valence-electron chi connectivity index (χ0n) is 14.9. The fourth-order valence-corrected chi connectivity index (χ4v) is 2.33. The summed E-state index contributed by atoms with van der Waals surface area (Å²) >= 11 is 0. The van der Waals surface area contributed by atoms with Crippen molar-refractivity contribution in [3.8, 4) is 17.2 Å². The lowest BCUT2D eigenvalue weighted by Crippen LogP contribution is -2.20. The first-order chi connectivity index (χ1) is 13.2. The van der Waals surface area contributed by atoms with Gasteiger partial charge in [0.15, 0.2) is 6.79 Å². The molecule has 0 saturated heterocycles. The van der Waals surface area contributed by atoms with Crippen LogP contribution in [0, 0.1) is 0 Å². The largest absolute Gasteiger partial charge is 0.466 e. The first-order valence-corrected chi connectivity index (χ1v) is 8.55. The van der Waals surface area contributed by atoms with Gasteiger partial charge in [0.25, 0.3) is 0 Å². The predicted molar refractivity (Wildman–Crippen MR) is 101 cm³/mol. The first kappa shape index (κ1) is 18.5. The van der Waals surface area contributed by atoms with Crippen LogP contribution in [0.5, 0.6) is 17.2 Å². The quantitative estimate of drug-likeness (QED) is 0.330. The number of benzene rings is 3. The minimum Gasteiger partial charge on any atom is -0.466 e. The number of para-hydroxylation sites is 3. The lowest BCUT2D eigenvalue weighted by molar-refractivity contribution is -0.116. The average Bonchev–Trinajstić information content (AvgIpc) is 2.70. The first-order valence-electron chi connectivity index (χ1n) is 8.55. The summed E-state index contributed by atoms with van der Waals surface area (Å²) < 4.78 is 22.1. The van der Waals surface area contributed by atoms with E-state index in [0.717, 1.165) is 0 Å².